The van der Waals surface area contributed by atoms with E-state index in [4.69, 9.17) is 10.2 Å². The Hall–Kier alpha value is -1.19. The van der Waals surface area contributed by atoms with Gasteiger partial charge in [-0.3, -0.25) is 9.59 Å². The first-order valence-corrected chi connectivity index (χ1v) is 4.48. The van der Waals surface area contributed by atoms with Gasteiger partial charge in [0.2, 0.25) is 0 Å². The summed E-state index contributed by atoms with van der Waals surface area (Å²) in [6, 6.07) is 0. The third-order valence-corrected chi connectivity index (χ3v) is 0.553. The molecule has 0 aromatic rings. The van der Waals surface area contributed by atoms with Crippen molar-refractivity contribution in [3.63, 3.8) is 0 Å². The van der Waals surface area contributed by atoms with Crippen LogP contribution in [0.5, 0.6) is 0 Å². The predicted molar refractivity (Wildman–Crippen MR) is 41.8 cm³/mol. The number of carboxylic acids is 2. The van der Waals surface area contributed by atoms with Crippen LogP contribution in [0, 0.1) is 0 Å². The van der Waals surface area contributed by atoms with Crippen LogP contribution in [0.4, 0.5) is 0 Å². The zero-order valence-corrected chi connectivity index (χ0v) is 7.32. The Morgan fingerprint density at radius 1 is 1.00 bits per heavy atom. The molecule has 0 radical (unpaired) electrons. The Bertz CT molecular complexity index is 248. The zero-order chi connectivity index (χ0) is 11.1. The van der Waals surface area contributed by atoms with Crippen molar-refractivity contribution in [2.75, 3.05) is 0 Å². The molecule has 0 fully saturated rings. The minimum Gasteiger partial charge on any atom is -0.481 e. The summed E-state index contributed by atoms with van der Waals surface area (Å²) in [6.07, 6.45) is -0.593. The minimum absolute atomic E-state index is 0.296. The van der Waals surface area contributed by atoms with Crippen molar-refractivity contribution in [1.29, 1.82) is 0 Å². The summed E-state index contributed by atoms with van der Waals surface area (Å²) >= 11 is 0. The summed E-state index contributed by atoms with van der Waals surface area (Å²) in [5.74, 6) is -2.15. The molecule has 6 N–H and O–H groups in total. The van der Waals surface area contributed by atoms with Gasteiger partial charge in [-0.1, -0.05) is 0 Å². The maximum Gasteiger partial charge on any atom is 0.303 e. The number of carbonyl (C=O) groups is 2. The second-order valence-corrected chi connectivity index (χ2v) is 3.05. The van der Waals surface area contributed by atoms with Crippen LogP contribution in [0.25, 0.3) is 0 Å². The second kappa shape index (κ2) is 6.34. The van der Waals surface area contributed by atoms with Crippen molar-refractivity contribution in [2.24, 2.45) is 10.3 Å². The highest BCUT2D eigenvalue weighted by Crippen LogP contribution is 1.86. The molecule has 0 bridgehead atoms. The molecule has 0 aromatic carbocycles. The molecule has 0 saturated carbocycles. The fourth-order valence-corrected chi connectivity index (χ4v) is 0.214. The van der Waals surface area contributed by atoms with Crippen molar-refractivity contribution in [1.82, 2.24) is 0 Å². The van der Waals surface area contributed by atoms with Gasteiger partial charge in [0.05, 0.1) is 12.8 Å². The molecular formula is C4H10N2O6S. The van der Waals surface area contributed by atoms with E-state index in [0.29, 0.717) is 0 Å². The Kier molecular flexibility index (Phi) is 6.99. The molecule has 0 atom stereocenters. The van der Waals surface area contributed by atoms with Crippen LogP contribution >= 0.6 is 0 Å². The summed E-state index contributed by atoms with van der Waals surface area (Å²) < 4.78 is 18.4. The van der Waals surface area contributed by atoms with Crippen LogP contribution in [0.1, 0.15) is 12.8 Å². The van der Waals surface area contributed by atoms with Crippen LogP contribution in [0.15, 0.2) is 0 Å². The third kappa shape index (κ3) is 57.8. The average Bonchev–Trinajstić information content (AvgIpc) is 1.79. The van der Waals surface area contributed by atoms with Gasteiger partial charge >= 0.3 is 11.9 Å². The summed E-state index contributed by atoms with van der Waals surface area (Å²) in [5, 5.41) is 24.0. The Morgan fingerprint density at radius 3 is 1.23 bits per heavy atom. The number of hydrogen-bond acceptors (Lipinski definition) is 4. The molecule has 0 unspecified atom stereocenters. The molecule has 0 aliphatic carbocycles. The predicted octanol–water partition coefficient (Wildman–Crippen LogP) is -1.92. The highest BCUT2D eigenvalue weighted by Gasteiger charge is 2.00. The molecule has 0 heterocycles. The van der Waals surface area contributed by atoms with Gasteiger partial charge in [0.25, 0.3) is 10.2 Å². The Labute approximate surface area is 74.3 Å². The summed E-state index contributed by atoms with van der Waals surface area (Å²) in [7, 11) is -3.67. The van der Waals surface area contributed by atoms with Gasteiger partial charge in [-0.15, -0.1) is 0 Å². The van der Waals surface area contributed by atoms with Gasteiger partial charge in [-0.2, -0.15) is 8.42 Å². The maximum atomic E-state index is 9.64. The third-order valence-electron chi connectivity index (χ3n) is 0.553. The molecule has 0 aromatic heterocycles. The highest BCUT2D eigenvalue weighted by molar-refractivity contribution is 7.86. The van der Waals surface area contributed by atoms with E-state index in [0.717, 1.165) is 0 Å². The molecule has 78 valence electrons. The topological polar surface area (TPSA) is 161 Å². The van der Waals surface area contributed by atoms with E-state index in [9.17, 15) is 18.0 Å². The van der Waals surface area contributed by atoms with E-state index in [1.807, 2.05) is 0 Å². The second-order valence-electron chi connectivity index (χ2n) is 1.88. The SMILES string of the molecule is NS(N)(=O)=O.O=C(O)CCC(=O)O. The van der Waals surface area contributed by atoms with Gasteiger partial charge in [0, 0.05) is 0 Å². The van der Waals surface area contributed by atoms with Gasteiger partial charge in [0.1, 0.15) is 0 Å². The molecule has 9 heteroatoms. The molecule has 0 spiro atoms. The van der Waals surface area contributed by atoms with Crippen LogP contribution in [-0.2, 0) is 19.8 Å². The Balaban J connectivity index is 0. The molecule has 0 amide bonds. The first-order valence-electron chi connectivity index (χ1n) is 2.87. The highest BCUT2D eigenvalue weighted by atomic mass is 32.2. The zero-order valence-electron chi connectivity index (χ0n) is 6.50. The summed E-state index contributed by atoms with van der Waals surface area (Å²) in [5.41, 5.74) is 0. The normalized spacial score (nSPS) is 9.69. The van der Waals surface area contributed by atoms with Crippen molar-refractivity contribution >= 4 is 22.1 Å². The van der Waals surface area contributed by atoms with Crippen LogP contribution < -0.4 is 10.3 Å². The molecule has 8 nitrogen and oxygen atoms in total. The standard InChI is InChI=1S/C4H6O4.H4N2O2S/c5-3(6)1-2-4(7)8;1-5(2,3)4/h1-2H2,(H,5,6)(H,7,8);(H4,1,2,3,4). The minimum atomic E-state index is -3.67. The monoisotopic (exact) mass is 214 g/mol. The number of nitrogens with two attached hydrogens (primary N) is 2. The lowest BCUT2D eigenvalue weighted by Crippen LogP contribution is -2.21. The first-order chi connectivity index (χ1) is 5.63. The van der Waals surface area contributed by atoms with E-state index >= 15 is 0 Å². The van der Waals surface area contributed by atoms with Gasteiger partial charge in [0.15, 0.2) is 0 Å². The van der Waals surface area contributed by atoms with Gasteiger partial charge in [-0.05, 0) is 0 Å². The lowest BCUT2D eigenvalue weighted by molar-refractivity contribution is -0.143. The lowest BCUT2D eigenvalue weighted by atomic mass is 10.3. The number of aliphatic carboxylic acids is 2. The molecule has 13 heavy (non-hydrogen) atoms. The van der Waals surface area contributed by atoms with Crippen molar-refractivity contribution in [3.05, 3.63) is 0 Å². The quantitative estimate of drug-likeness (QED) is 0.428. The van der Waals surface area contributed by atoms with Crippen LogP contribution in [-0.4, -0.2) is 30.6 Å². The van der Waals surface area contributed by atoms with Gasteiger partial charge in [-0.25, -0.2) is 10.3 Å². The molecule has 0 aliphatic rings. The number of rotatable bonds is 3. The largest absolute Gasteiger partial charge is 0.481 e. The van der Waals surface area contributed by atoms with Crippen LogP contribution in [0.2, 0.25) is 0 Å². The average molecular weight is 214 g/mol. The van der Waals surface area contributed by atoms with E-state index in [1.54, 1.807) is 0 Å². The number of carboxylic acid groups (broad SMARTS) is 2. The fraction of sp³-hybridized carbons (Fsp3) is 0.500. The Morgan fingerprint density at radius 2 is 1.15 bits per heavy atom. The van der Waals surface area contributed by atoms with E-state index in [2.05, 4.69) is 10.3 Å². The fourth-order valence-electron chi connectivity index (χ4n) is 0.214. The molecule has 0 rings (SSSR count). The van der Waals surface area contributed by atoms with E-state index in [1.165, 1.54) is 0 Å². The van der Waals surface area contributed by atoms with Crippen molar-refractivity contribution in [3.8, 4) is 0 Å². The smallest absolute Gasteiger partial charge is 0.303 e. The molecule has 0 aliphatic heterocycles. The molecular weight excluding hydrogens is 204 g/mol. The van der Waals surface area contributed by atoms with E-state index < -0.39 is 22.1 Å². The van der Waals surface area contributed by atoms with Crippen LogP contribution in [0.3, 0.4) is 0 Å². The lowest BCUT2D eigenvalue weighted by Gasteiger charge is -1.85. The first kappa shape index (κ1) is 14.3. The number of hydrogen-bond donors (Lipinski definition) is 4. The van der Waals surface area contributed by atoms with Crippen molar-refractivity contribution in [2.45, 2.75) is 12.8 Å². The van der Waals surface area contributed by atoms with Crippen molar-refractivity contribution < 1.29 is 28.2 Å². The summed E-state index contributed by atoms with van der Waals surface area (Å²) in [4.78, 5) is 19.3. The maximum absolute atomic E-state index is 9.64. The van der Waals surface area contributed by atoms with Gasteiger partial charge < -0.3 is 10.2 Å². The van der Waals surface area contributed by atoms with E-state index in [-0.39, 0.29) is 12.8 Å². The summed E-state index contributed by atoms with van der Waals surface area (Å²) in [6.45, 7) is 0. The molecule has 0 saturated heterocycles.